The molecule has 4 aliphatic rings. The summed E-state index contributed by atoms with van der Waals surface area (Å²) in [6.07, 6.45) is 0. The van der Waals surface area contributed by atoms with E-state index < -0.39 is 22.5 Å². The van der Waals surface area contributed by atoms with Crippen molar-refractivity contribution in [3.63, 3.8) is 0 Å². The molecular weight excluding hydrogens is 416 g/mol. The number of nitrogens with zero attached hydrogens (tertiary/aromatic N) is 8. The Bertz CT molecular complexity index is 1630. The molecule has 0 radical (unpaired) electrons. The van der Waals surface area contributed by atoms with Crippen molar-refractivity contribution in [3.05, 3.63) is 53.8 Å². The maximum Gasteiger partial charge on any atom is 0.352 e. The van der Waals surface area contributed by atoms with E-state index >= 15 is 0 Å². The van der Waals surface area contributed by atoms with Crippen molar-refractivity contribution in [2.45, 2.75) is 26.9 Å². The molecule has 0 atom stereocenters. The van der Waals surface area contributed by atoms with Gasteiger partial charge in [0.2, 0.25) is 0 Å². The highest BCUT2D eigenvalue weighted by atomic mass is 16.2. The highest BCUT2D eigenvalue weighted by Crippen LogP contribution is 2.27. The van der Waals surface area contributed by atoms with Gasteiger partial charge in [0.25, 0.3) is 11.1 Å². The Hall–Kier alpha value is -4.22. The third-order valence-electron chi connectivity index (χ3n) is 5.68. The first-order valence-electron chi connectivity index (χ1n) is 9.99. The Labute approximate surface area is 178 Å². The third kappa shape index (κ3) is 2.49. The van der Waals surface area contributed by atoms with Gasteiger partial charge in [0, 0.05) is 27.2 Å². The monoisotopic (exact) mass is 434 g/mol. The topological polar surface area (TPSA) is 140 Å². The summed E-state index contributed by atoms with van der Waals surface area (Å²) in [5.41, 5.74) is -0.0905. The molecule has 0 spiro atoms. The quantitative estimate of drug-likeness (QED) is 0.340. The van der Waals surface area contributed by atoms with Gasteiger partial charge in [0.1, 0.15) is 0 Å². The molecule has 0 fully saturated rings. The Morgan fingerprint density at radius 2 is 1.06 bits per heavy atom. The molecule has 0 aliphatic carbocycles. The molecule has 1 aromatic rings. The average Bonchev–Trinajstić information content (AvgIpc) is 2.78. The molecule has 162 valence electrons. The van der Waals surface area contributed by atoms with Crippen LogP contribution in [-0.2, 0) is 27.2 Å². The van der Waals surface area contributed by atoms with Crippen molar-refractivity contribution in [1.29, 1.82) is 0 Å². The summed E-state index contributed by atoms with van der Waals surface area (Å²) >= 11 is 0. The van der Waals surface area contributed by atoms with E-state index in [0.717, 1.165) is 9.13 Å². The number of benzene rings is 1. The minimum absolute atomic E-state index is 0.0681. The number of aryl methyl sites for hydroxylation is 2. The van der Waals surface area contributed by atoms with Crippen molar-refractivity contribution in [1.82, 2.24) is 38.2 Å². The van der Waals surface area contributed by atoms with Gasteiger partial charge < -0.3 is 9.13 Å². The average molecular weight is 434 g/mol. The van der Waals surface area contributed by atoms with Gasteiger partial charge in [-0.2, -0.15) is 9.97 Å². The highest BCUT2D eigenvalue weighted by Gasteiger charge is 2.23. The van der Waals surface area contributed by atoms with Gasteiger partial charge in [-0.3, -0.25) is 18.7 Å². The standard InChI is InChI=1S/C20H18N8O4/c1-5-27-11-8-12-10(7-9(11)21-13-15(27)23-19(31)25(3)17(13)29)22-14-16(28(12)6-2)24-20(32)26(4)18(14)30/h7-8H,5-6H2,1-4H3. The largest absolute Gasteiger partial charge is 0.352 e. The third-order valence-corrected chi connectivity index (χ3v) is 5.68. The van der Waals surface area contributed by atoms with Crippen LogP contribution >= 0.6 is 0 Å². The van der Waals surface area contributed by atoms with E-state index in [0.29, 0.717) is 35.2 Å². The molecule has 0 aromatic heterocycles. The zero-order valence-electron chi connectivity index (χ0n) is 17.8. The smallest absolute Gasteiger partial charge is 0.323 e. The lowest BCUT2D eigenvalue weighted by Crippen LogP contribution is -2.37. The molecule has 1 aromatic carbocycles. The van der Waals surface area contributed by atoms with Crippen LogP contribution in [0.25, 0.3) is 45.1 Å². The molecule has 12 nitrogen and oxygen atoms in total. The summed E-state index contributed by atoms with van der Waals surface area (Å²) in [5.74, 6) is 0.385. The second-order valence-electron chi connectivity index (χ2n) is 7.40. The first-order valence-corrected chi connectivity index (χ1v) is 9.99. The molecule has 12 heteroatoms. The number of rotatable bonds is 2. The molecular formula is C20H18N8O4. The zero-order valence-corrected chi connectivity index (χ0v) is 17.8. The summed E-state index contributed by atoms with van der Waals surface area (Å²) < 4.78 is 5.30. The highest BCUT2D eigenvalue weighted by molar-refractivity contribution is 5.94. The lowest BCUT2D eigenvalue weighted by atomic mass is 10.2. The molecule has 0 N–H and O–H groups in total. The van der Waals surface area contributed by atoms with Gasteiger partial charge in [0.05, 0.1) is 22.1 Å². The van der Waals surface area contributed by atoms with Gasteiger partial charge in [0.15, 0.2) is 23.0 Å². The van der Waals surface area contributed by atoms with Crippen molar-refractivity contribution in [2.75, 3.05) is 0 Å². The van der Waals surface area contributed by atoms with Crippen molar-refractivity contribution >= 4 is 22.1 Å². The van der Waals surface area contributed by atoms with Gasteiger partial charge in [-0.1, -0.05) is 0 Å². The molecule has 0 saturated heterocycles. The van der Waals surface area contributed by atoms with E-state index in [4.69, 9.17) is 0 Å². The Kier molecular flexibility index (Phi) is 4.09. The Morgan fingerprint density at radius 1 is 0.656 bits per heavy atom. The second-order valence-corrected chi connectivity index (χ2v) is 7.40. The van der Waals surface area contributed by atoms with Gasteiger partial charge in [-0.05, 0) is 26.0 Å². The Balaban J connectivity index is 2.05. The van der Waals surface area contributed by atoms with Crippen LogP contribution in [-0.4, -0.2) is 38.2 Å². The molecule has 0 saturated carbocycles. The van der Waals surface area contributed by atoms with Crippen LogP contribution in [0.3, 0.4) is 0 Å². The summed E-state index contributed by atoms with van der Waals surface area (Å²) in [6.45, 7) is 4.59. The van der Waals surface area contributed by atoms with Crippen LogP contribution in [0.1, 0.15) is 13.8 Å². The fourth-order valence-electron chi connectivity index (χ4n) is 3.97. The number of fused-ring (bicyclic) bond motifs is 4. The van der Waals surface area contributed by atoms with Crippen molar-refractivity contribution in [3.8, 4) is 23.0 Å². The molecule has 0 bridgehead atoms. The maximum absolute atomic E-state index is 12.7. The summed E-state index contributed by atoms with van der Waals surface area (Å²) in [4.78, 5) is 66.6. The van der Waals surface area contributed by atoms with Crippen LogP contribution in [0.4, 0.5) is 0 Å². The number of aromatic nitrogens is 8. The fourth-order valence-corrected chi connectivity index (χ4v) is 3.97. The van der Waals surface area contributed by atoms with Crippen molar-refractivity contribution < 1.29 is 0 Å². The molecule has 32 heavy (non-hydrogen) atoms. The van der Waals surface area contributed by atoms with Crippen molar-refractivity contribution in [2.24, 2.45) is 14.1 Å². The summed E-state index contributed by atoms with van der Waals surface area (Å²) in [6, 6.07) is 3.47. The van der Waals surface area contributed by atoms with Crippen LogP contribution in [0.2, 0.25) is 0 Å². The maximum atomic E-state index is 12.7. The van der Waals surface area contributed by atoms with E-state index in [1.807, 2.05) is 13.8 Å². The Morgan fingerprint density at radius 3 is 1.44 bits per heavy atom. The molecule has 4 aliphatic heterocycles. The number of hydrogen-bond donors (Lipinski definition) is 0. The minimum Gasteiger partial charge on any atom is -0.323 e. The van der Waals surface area contributed by atoms with Gasteiger partial charge in [-0.15, -0.1) is 0 Å². The second kappa shape index (κ2) is 6.64. The lowest BCUT2D eigenvalue weighted by Gasteiger charge is -2.19. The SMILES string of the molecule is CCn1c2nc(=O)n(C)c(=O)c-2nc2cc3nc4c(=O)n(C)c(=O)nc-4n(CC)c3cc21. The van der Waals surface area contributed by atoms with E-state index in [-0.39, 0.29) is 23.0 Å². The van der Waals surface area contributed by atoms with Crippen LogP contribution in [0.15, 0.2) is 31.3 Å². The van der Waals surface area contributed by atoms with Gasteiger partial charge >= 0.3 is 11.4 Å². The van der Waals surface area contributed by atoms with E-state index in [2.05, 4.69) is 19.9 Å². The minimum atomic E-state index is -0.661. The van der Waals surface area contributed by atoms with Crippen LogP contribution in [0, 0.1) is 0 Å². The normalized spacial score (nSPS) is 11.9. The van der Waals surface area contributed by atoms with Gasteiger partial charge in [-0.25, -0.2) is 19.6 Å². The summed E-state index contributed by atoms with van der Waals surface area (Å²) in [7, 11) is 2.70. The fraction of sp³-hybridized carbons (Fsp3) is 0.300. The predicted octanol–water partition coefficient (Wildman–Crippen LogP) is -0.457. The van der Waals surface area contributed by atoms with Crippen LogP contribution < -0.4 is 22.5 Å². The molecule has 0 unspecified atom stereocenters. The number of hydrogen-bond acceptors (Lipinski definition) is 8. The first-order chi connectivity index (χ1) is 15.3. The van der Waals surface area contributed by atoms with E-state index in [9.17, 15) is 19.2 Å². The van der Waals surface area contributed by atoms with Crippen LogP contribution in [0.5, 0.6) is 0 Å². The molecule has 0 amide bonds. The lowest BCUT2D eigenvalue weighted by molar-refractivity contribution is 0.712. The van der Waals surface area contributed by atoms with E-state index in [1.165, 1.54) is 14.1 Å². The zero-order chi connectivity index (χ0) is 22.9. The molecule has 5 rings (SSSR count). The predicted molar refractivity (Wildman–Crippen MR) is 116 cm³/mol. The first kappa shape index (κ1) is 19.7. The van der Waals surface area contributed by atoms with E-state index in [1.54, 1.807) is 21.3 Å². The molecule has 4 heterocycles. The summed E-state index contributed by atoms with van der Waals surface area (Å²) in [5, 5.41) is 0.